The van der Waals surface area contributed by atoms with E-state index in [9.17, 15) is 30.0 Å². The van der Waals surface area contributed by atoms with Crippen molar-refractivity contribution in [3.05, 3.63) is 23.5 Å². The van der Waals surface area contributed by atoms with Crippen LogP contribution in [0.15, 0.2) is 16.7 Å². The number of esters is 1. The number of hydrogen-bond donors (Lipinski definition) is 6. The fraction of sp³-hybridized carbons (Fsp3) is 0.615. The van der Waals surface area contributed by atoms with Crippen LogP contribution in [0.3, 0.4) is 0 Å². The molecule has 0 radical (unpaired) electrons. The molecule has 39 heavy (non-hydrogen) atoms. The molecule has 0 bridgehead atoms. The Balaban J connectivity index is 1.79. The monoisotopic (exact) mass is 552 g/mol. The highest BCUT2D eigenvalue weighted by atomic mass is 16.7. The number of rotatable bonds is 12. The zero-order valence-corrected chi connectivity index (χ0v) is 21.9. The number of aliphatic hydroxyl groups is 4. The number of aryl methyl sites for hydroxylation is 1. The molecule has 2 aliphatic rings. The van der Waals surface area contributed by atoms with Crippen LogP contribution in [0.1, 0.15) is 36.8 Å². The second-order valence-electron chi connectivity index (χ2n) is 9.54. The quantitative estimate of drug-likeness (QED) is 0.144. The molecule has 2 saturated heterocycles. The highest BCUT2D eigenvalue weighted by molar-refractivity contribution is 5.92. The fourth-order valence-electron chi connectivity index (χ4n) is 4.79. The molecular formula is C26H36N2O11. The molecule has 2 aliphatic heterocycles. The third kappa shape index (κ3) is 6.29. The van der Waals surface area contributed by atoms with Crippen molar-refractivity contribution in [2.24, 2.45) is 0 Å². The number of nitrogens with one attached hydrogen (secondary N) is 2. The van der Waals surface area contributed by atoms with Crippen LogP contribution >= 0.6 is 0 Å². The maximum Gasteiger partial charge on any atom is 0.306 e. The molecule has 6 N–H and O–H groups in total. The van der Waals surface area contributed by atoms with Crippen molar-refractivity contribution < 1.29 is 53.4 Å². The molecule has 3 heterocycles. The second kappa shape index (κ2) is 12.9. The largest absolute Gasteiger partial charge is 0.485 e. The van der Waals surface area contributed by atoms with Gasteiger partial charge in [-0.3, -0.25) is 9.59 Å². The number of fused-ring (bicyclic) bond motifs is 1. The van der Waals surface area contributed by atoms with Gasteiger partial charge in [0.05, 0.1) is 19.5 Å². The van der Waals surface area contributed by atoms with Gasteiger partial charge in [-0.1, -0.05) is 0 Å². The number of benzene rings is 1. The lowest BCUT2D eigenvalue weighted by Gasteiger charge is -2.39. The van der Waals surface area contributed by atoms with E-state index in [0.717, 1.165) is 5.56 Å². The van der Waals surface area contributed by atoms with Crippen molar-refractivity contribution >= 4 is 22.8 Å². The zero-order valence-electron chi connectivity index (χ0n) is 21.9. The summed E-state index contributed by atoms with van der Waals surface area (Å²) in [5.74, 6) is -0.327. The molecule has 2 fully saturated rings. The van der Waals surface area contributed by atoms with Crippen LogP contribution in [0.4, 0.5) is 0 Å². The highest BCUT2D eigenvalue weighted by Gasteiger charge is 2.45. The Morgan fingerprint density at radius 1 is 1.21 bits per heavy atom. The maximum atomic E-state index is 12.2. The molecule has 1 amide bonds. The number of likely N-dealkylation sites (N-methyl/N-ethyl adjacent to an activating group) is 1. The number of carbonyl (C=O) groups is 2. The first-order chi connectivity index (χ1) is 18.8. The van der Waals surface area contributed by atoms with E-state index in [2.05, 4.69) is 10.6 Å². The van der Waals surface area contributed by atoms with Crippen molar-refractivity contribution in [2.75, 3.05) is 40.0 Å². The van der Waals surface area contributed by atoms with Crippen LogP contribution in [0.5, 0.6) is 11.5 Å². The van der Waals surface area contributed by atoms with Gasteiger partial charge < -0.3 is 54.4 Å². The molecule has 0 spiro atoms. The number of carbonyl (C=O) groups excluding carboxylic acids is 2. The summed E-state index contributed by atoms with van der Waals surface area (Å²) in [6, 6.07) is 1.78. The molecule has 4 rings (SSSR count). The molecule has 0 aliphatic carbocycles. The summed E-state index contributed by atoms with van der Waals surface area (Å²) in [5.41, 5.74) is 1.63. The van der Waals surface area contributed by atoms with Gasteiger partial charge in [-0.05, 0) is 32.0 Å². The van der Waals surface area contributed by atoms with Crippen molar-refractivity contribution in [1.82, 2.24) is 10.6 Å². The molecule has 1 aromatic carbocycles. The first-order valence-electron chi connectivity index (χ1n) is 13.0. The van der Waals surface area contributed by atoms with Gasteiger partial charge in [-0.25, -0.2) is 0 Å². The number of aliphatic hydroxyl groups excluding tert-OH is 4. The summed E-state index contributed by atoms with van der Waals surface area (Å²) in [5, 5.41) is 47.2. The minimum Gasteiger partial charge on any atom is -0.485 e. The Morgan fingerprint density at radius 2 is 2.00 bits per heavy atom. The molecule has 216 valence electrons. The highest BCUT2D eigenvalue weighted by Crippen LogP contribution is 2.45. The van der Waals surface area contributed by atoms with Gasteiger partial charge in [0.1, 0.15) is 31.0 Å². The van der Waals surface area contributed by atoms with Gasteiger partial charge in [0, 0.05) is 42.8 Å². The molecule has 13 heteroatoms. The van der Waals surface area contributed by atoms with Crippen LogP contribution in [0.2, 0.25) is 0 Å². The normalized spacial score (nSPS) is 27.0. The minimum absolute atomic E-state index is 0.0109. The Morgan fingerprint density at radius 3 is 2.67 bits per heavy atom. The van der Waals surface area contributed by atoms with Crippen LogP contribution in [-0.2, 0) is 25.5 Å². The Hall–Kier alpha value is -2.94. The van der Waals surface area contributed by atoms with E-state index in [-0.39, 0.29) is 49.4 Å². The second-order valence-corrected chi connectivity index (χ2v) is 9.54. The lowest BCUT2D eigenvalue weighted by atomic mass is 9.95. The minimum atomic E-state index is -1.66. The zero-order chi connectivity index (χ0) is 28.1. The summed E-state index contributed by atoms with van der Waals surface area (Å²) in [4.78, 5) is 24.1. The summed E-state index contributed by atoms with van der Waals surface area (Å²) < 4.78 is 28.8. The van der Waals surface area contributed by atoms with Crippen LogP contribution < -0.4 is 20.1 Å². The average Bonchev–Trinajstić information content (AvgIpc) is 3.54. The van der Waals surface area contributed by atoms with Crippen LogP contribution in [0.25, 0.3) is 11.0 Å². The summed E-state index contributed by atoms with van der Waals surface area (Å²) in [6.07, 6.45) is -5.51. The Bertz CT molecular complexity index is 1150. The van der Waals surface area contributed by atoms with E-state index < -0.39 is 43.3 Å². The summed E-state index contributed by atoms with van der Waals surface area (Å²) in [7, 11) is 1.76. The predicted octanol–water partition coefficient (Wildman–Crippen LogP) is -0.691. The molecule has 6 atom stereocenters. The van der Waals surface area contributed by atoms with Gasteiger partial charge in [-0.15, -0.1) is 0 Å². The first-order valence-corrected chi connectivity index (χ1v) is 13.0. The van der Waals surface area contributed by atoms with Crippen LogP contribution in [-0.4, -0.2) is 103 Å². The van der Waals surface area contributed by atoms with Gasteiger partial charge in [-0.2, -0.15) is 0 Å². The van der Waals surface area contributed by atoms with Gasteiger partial charge >= 0.3 is 5.97 Å². The lowest BCUT2D eigenvalue weighted by Crippen LogP contribution is -2.60. The van der Waals surface area contributed by atoms with Crippen LogP contribution in [0, 0.1) is 0 Å². The standard InChI is InChI=1S/C26H36N2O11/c1-3-35-19(31)5-4-13-8-15-16(14-9-18(30)28-10-14)12-37-24(15)25(36-7-6-27-2)23(13)39-26-22(34)21(33)20(32)17(11-29)38-26/h8,12,14,17,20-22,26-27,29,32-34H,3-7,9-11H2,1-2H3,(H,28,30)/t14-,17+,20+,21-,22+,26-/m0/s1. The number of amides is 1. The molecule has 2 aromatic rings. The number of ether oxygens (including phenoxy) is 4. The molecule has 13 nitrogen and oxygen atoms in total. The van der Waals surface area contributed by atoms with E-state index in [1.54, 1.807) is 26.3 Å². The number of hydrogen-bond acceptors (Lipinski definition) is 12. The predicted molar refractivity (Wildman–Crippen MR) is 135 cm³/mol. The average molecular weight is 553 g/mol. The van der Waals surface area contributed by atoms with Gasteiger partial charge in [0.2, 0.25) is 17.9 Å². The van der Waals surface area contributed by atoms with E-state index in [0.29, 0.717) is 36.0 Å². The third-order valence-corrected chi connectivity index (χ3v) is 6.88. The Kier molecular flexibility index (Phi) is 9.64. The van der Waals surface area contributed by atoms with E-state index in [4.69, 9.17) is 23.4 Å². The third-order valence-electron chi connectivity index (χ3n) is 6.88. The van der Waals surface area contributed by atoms with Crippen molar-refractivity contribution in [2.45, 2.75) is 62.8 Å². The Labute approximate surface area is 225 Å². The molecule has 0 saturated carbocycles. The molecular weight excluding hydrogens is 516 g/mol. The molecule has 0 unspecified atom stereocenters. The van der Waals surface area contributed by atoms with Crippen molar-refractivity contribution in [3.8, 4) is 11.5 Å². The van der Waals surface area contributed by atoms with E-state index in [1.807, 2.05) is 0 Å². The SMILES string of the molecule is CCOC(=O)CCc1cc2c([C@@H]3CNC(=O)C3)coc2c(OCCNC)c1O[C@@H]1O[C@H](CO)[C@@H](O)[C@H](O)[C@H]1O. The van der Waals surface area contributed by atoms with Crippen molar-refractivity contribution in [3.63, 3.8) is 0 Å². The topological polar surface area (TPSA) is 189 Å². The lowest BCUT2D eigenvalue weighted by molar-refractivity contribution is -0.277. The summed E-state index contributed by atoms with van der Waals surface area (Å²) in [6.45, 7) is 2.44. The van der Waals surface area contributed by atoms with Crippen molar-refractivity contribution in [1.29, 1.82) is 0 Å². The number of furan rings is 1. The van der Waals surface area contributed by atoms with E-state index in [1.165, 1.54) is 0 Å². The van der Waals surface area contributed by atoms with Gasteiger partial charge in [0.25, 0.3) is 0 Å². The van der Waals surface area contributed by atoms with E-state index >= 15 is 0 Å². The maximum absolute atomic E-state index is 12.2. The first kappa shape index (κ1) is 29.1. The smallest absolute Gasteiger partial charge is 0.306 e. The fourth-order valence-corrected chi connectivity index (χ4v) is 4.79. The molecule has 1 aromatic heterocycles. The van der Waals surface area contributed by atoms with Gasteiger partial charge in [0.15, 0.2) is 11.3 Å². The summed E-state index contributed by atoms with van der Waals surface area (Å²) >= 11 is 0.